The normalized spacial score (nSPS) is 17.2. The molecule has 11 nitrogen and oxygen atoms in total. The monoisotopic (exact) mass is 492 g/mol. The lowest BCUT2D eigenvalue weighted by Gasteiger charge is -2.36. The van der Waals surface area contributed by atoms with Gasteiger partial charge in [0.15, 0.2) is 0 Å². The summed E-state index contributed by atoms with van der Waals surface area (Å²) >= 11 is 0. The highest BCUT2D eigenvalue weighted by Crippen LogP contribution is 2.26. The molecular weight excluding hydrogens is 460 g/mol. The van der Waals surface area contributed by atoms with E-state index in [0.29, 0.717) is 29.2 Å². The third-order valence-corrected chi connectivity index (χ3v) is 6.90. The molecule has 3 N–H and O–H groups in total. The number of hydrogen-bond donors (Lipinski definition) is 3. The Kier molecular flexibility index (Phi) is 7.26. The van der Waals surface area contributed by atoms with Crippen molar-refractivity contribution in [1.29, 1.82) is 0 Å². The predicted molar refractivity (Wildman–Crippen MR) is 139 cm³/mol. The number of benzene rings is 1. The van der Waals surface area contributed by atoms with Gasteiger partial charge in [0.05, 0.1) is 12.6 Å². The number of nitrogens with one attached hydrogen (secondary N) is 2. The minimum atomic E-state index is -0.756. The highest BCUT2D eigenvalue weighted by molar-refractivity contribution is 5.90. The van der Waals surface area contributed by atoms with Crippen LogP contribution in [0, 0.1) is 0 Å². The van der Waals surface area contributed by atoms with Gasteiger partial charge >= 0.3 is 5.97 Å². The molecule has 0 aliphatic carbocycles. The molecule has 2 saturated heterocycles. The first-order valence-corrected chi connectivity index (χ1v) is 12.6. The second-order valence-corrected chi connectivity index (χ2v) is 9.38. The van der Waals surface area contributed by atoms with Crippen LogP contribution in [0.5, 0.6) is 0 Å². The summed E-state index contributed by atoms with van der Waals surface area (Å²) in [5, 5.41) is 19.1. The van der Waals surface area contributed by atoms with Crippen molar-refractivity contribution in [1.82, 2.24) is 25.1 Å². The Morgan fingerprint density at radius 3 is 2.36 bits per heavy atom. The third kappa shape index (κ3) is 5.56. The van der Waals surface area contributed by atoms with Gasteiger partial charge in [-0.1, -0.05) is 12.8 Å². The summed E-state index contributed by atoms with van der Waals surface area (Å²) in [4.78, 5) is 39.5. The summed E-state index contributed by atoms with van der Waals surface area (Å²) in [6.45, 7) is 5.79. The van der Waals surface area contributed by atoms with Gasteiger partial charge in [-0.05, 0) is 37.1 Å². The molecule has 0 atom stereocenters. The van der Waals surface area contributed by atoms with E-state index in [2.05, 4.69) is 47.3 Å². The van der Waals surface area contributed by atoms with Crippen molar-refractivity contribution in [3.63, 3.8) is 0 Å². The number of fused-ring (bicyclic) bond motifs is 1. The van der Waals surface area contributed by atoms with Crippen LogP contribution in [0.1, 0.15) is 32.1 Å². The predicted octanol–water partition coefficient (Wildman–Crippen LogP) is 2.43. The van der Waals surface area contributed by atoms with Gasteiger partial charge in [-0.25, -0.2) is 10.1 Å². The fourth-order valence-electron chi connectivity index (χ4n) is 4.87. The topological polar surface area (TPSA) is 131 Å². The molecule has 0 bridgehead atoms. The van der Waals surface area contributed by atoms with Crippen molar-refractivity contribution < 1.29 is 9.90 Å². The quantitative estimate of drug-likeness (QED) is 0.452. The first-order chi connectivity index (χ1) is 17.6. The van der Waals surface area contributed by atoms with Gasteiger partial charge in [-0.15, -0.1) is 0 Å². The minimum absolute atomic E-state index is 0.177. The van der Waals surface area contributed by atoms with E-state index in [9.17, 15) is 9.59 Å². The minimum Gasteiger partial charge on any atom is -0.481 e. The summed E-state index contributed by atoms with van der Waals surface area (Å²) in [6, 6.07) is 8.09. The number of carboxylic acid groups (broad SMARTS) is 1. The number of rotatable bonds is 7. The van der Waals surface area contributed by atoms with Crippen LogP contribution in [0.25, 0.3) is 10.9 Å². The lowest BCUT2D eigenvalue weighted by molar-refractivity contribution is -0.137. The largest absolute Gasteiger partial charge is 0.481 e. The molecule has 0 spiro atoms. The lowest BCUT2D eigenvalue weighted by Crippen LogP contribution is -2.46. The summed E-state index contributed by atoms with van der Waals surface area (Å²) < 4.78 is 0. The zero-order valence-electron chi connectivity index (χ0n) is 20.3. The first-order valence-electron chi connectivity index (χ1n) is 12.6. The van der Waals surface area contributed by atoms with Crippen LogP contribution >= 0.6 is 0 Å². The average Bonchev–Trinajstić information content (AvgIpc) is 3.18. The van der Waals surface area contributed by atoms with E-state index in [1.807, 2.05) is 12.1 Å². The molecule has 2 aromatic heterocycles. The van der Waals surface area contributed by atoms with Gasteiger partial charge in [0.25, 0.3) is 5.56 Å². The van der Waals surface area contributed by atoms with Crippen molar-refractivity contribution in [2.45, 2.75) is 32.1 Å². The van der Waals surface area contributed by atoms with Gasteiger partial charge in [-0.3, -0.25) is 14.5 Å². The molecule has 36 heavy (non-hydrogen) atoms. The van der Waals surface area contributed by atoms with Gasteiger partial charge < -0.3 is 20.2 Å². The van der Waals surface area contributed by atoms with Crippen molar-refractivity contribution in [3.05, 3.63) is 40.8 Å². The van der Waals surface area contributed by atoms with Gasteiger partial charge in [-0.2, -0.15) is 10.1 Å². The number of carbonyl (C=O) groups is 1. The molecule has 0 unspecified atom stereocenters. The van der Waals surface area contributed by atoms with Crippen LogP contribution in [0.15, 0.2) is 35.3 Å². The molecule has 5 rings (SSSR count). The fourth-order valence-corrected chi connectivity index (χ4v) is 4.87. The second kappa shape index (κ2) is 10.9. The number of nitrogens with zero attached hydrogens (tertiary/aromatic N) is 6. The van der Waals surface area contributed by atoms with E-state index < -0.39 is 5.97 Å². The van der Waals surface area contributed by atoms with Crippen LogP contribution in [0.2, 0.25) is 0 Å². The Morgan fingerprint density at radius 1 is 0.944 bits per heavy atom. The van der Waals surface area contributed by atoms with Crippen molar-refractivity contribution in [3.8, 4) is 0 Å². The Morgan fingerprint density at radius 2 is 1.67 bits per heavy atom. The highest BCUT2D eigenvalue weighted by Gasteiger charge is 2.19. The van der Waals surface area contributed by atoms with E-state index in [1.54, 1.807) is 6.20 Å². The Bertz CT molecular complexity index is 1250. The van der Waals surface area contributed by atoms with Crippen LogP contribution in [0.3, 0.4) is 0 Å². The van der Waals surface area contributed by atoms with Crippen LogP contribution < -0.4 is 20.7 Å². The van der Waals surface area contributed by atoms with E-state index in [0.717, 1.165) is 63.5 Å². The number of piperazine rings is 1. The average molecular weight is 493 g/mol. The smallest absolute Gasteiger partial charge is 0.304 e. The number of H-pyrrole nitrogens is 1. The maximum Gasteiger partial charge on any atom is 0.304 e. The SMILES string of the molecule is O=C(O)CCN1CCN(c2ccc(Nc3nc(N4CCCCCC4)nc4cn[nH]c(=O)c34)cc2)CC1. The second-order valence-electron chi connectivity index (χ2n) is 9.38. The molecular formula is C25H32N8O3. The fraction of sp³-hybridized carbons (Fsp3) is 0.480. The molecule has 2 aliphatic rings. The number of aromatic nitrogens is 4. The maximum absolute atomic E-state index is 12.6. The zero-order valence-corrected chi connectivity index (χ0v) is 20.3. The maximum atomic E-state index is 12.6. The number of hydrogen-bond acceptors (Lipinski definition) is 9. The van der Waals surface area contributed by atoms with E-state index in [4.69, 9.17) is 10.1 Å². The molecule has 11 heteroatoms. The number of anilines is 4. The number of aromatic amines is 1. The van der Waals surface area contributed by atoms with Crippen molar-refractivity contribution in [2.75, 3.05) is 60.9 Å². The highest BCUT2D eigenvalue weighted by atomic mass is 16.4. The summed E-state index contributed by atoms with van der Waals surface area (Å²) in [7, 11) is 0. The number of aliphatic carboxylic acids is 1. The molecule has 2 fully saturated rings. The van der Waals surface area contributed by atoms with E-state index in [1.165, 1.54) is 12.8 Å². The van der Waals surface area contributed by atoms with Gasteiger partial charge in [0, 0.05) is 57.2 Å². The van der Waals surface area contributed by atoms with Crippen LogP contribution in [-0.2, 0) is 4.79 Å². The molecule has 4 heterocycles. The number of carboxylic acids is 1. The van der Waals surface area contributed by atoms with Gasteiger partial charge in [0.2, 0.25) is 5.95 Å². The van der Waals surface area contributed by atoms with Crippen molar-refractivity contribution >= 4 is 40.0 Å². The first kappa shape index (κ1) is 24.0. The molecule has 190 valence electrons. The molecule has 0 saturated carbocycles. The Labute approximate surface area is 209 Å². The van der Waals surface area contributed by atoms with E-state index in [-0.39, 0.29) is 12.0 Å². The molecule has 2 aliphatic heterocycles. The summed E-state index contributed by atoms with van der Waals surface area (Å²) in [6.07, 6.45) is 6.38. The molecule has 0 radical (unpaired) electrons. The van der Waals surface area contributed by atoms with E-state index >= 15 is 0 Å². The lowest BCUT2D eigenvalue weighted by atomic mass is 10.2. The standard InChI is InChI=1S/C25H32N8O3/c34-21(35)9-12-31-13-15-32(16-14-31)19-7-5-18(6-8-19)27-23-22-20(17-26-30-24(22)36)28-25(29-23)33-10-3-1-2-4-11-33/h5-8,17H,1-4,9-16H2,(H,30,36)(H,34,35)(H,27,28,29). The zero-order chi connectivity index (χ0) is 24.9. The summed E-state index contributed by atoms with van der Waals surface area (Å²) in [5.41, 5.74) is 2.14. The molecule has 3 aromatic rings. The van der Waals surface area contributed by atoms with Gasteiger partial charge in [0.1, 0.15) is 16.7 Å². The molecule has 0 amide bonds. The Balaban J connectivity index is 1.32. The van der Waals surface area contributed by atoms with Crippen LogP contribution in [-0.4, -0.2) is 82.0 Å². The molecule has 1 aromatic carbocycles. The Hall–Kier alpha value is -3.73. The summed E-state index contributed by atoms with van der Waals surface area (Å²) in [5.74, 6) is 0.341. The van der Waals surface area contributed by atoms with Crippen molar-refractivity contribution in [2.24, 2.45) is 0 Å². The third-order valence-electron chi connectivity index (χ3n) is 6.90. The van der Waals surface area contributed by atoms with Crippen LogP contribution in [0.4, 0.5) is 23.1 Å².